The minimum absolute atomic E-state index is 0.157. The number of piperidine rings is 1. The van der Waals surface area contributed by atoms with Gasteiger partial charge in [-0.25, -0.2) is 4.98 Å². The molecule has 0 aromatic carbocycles. The molecule has 0 radical (unpaired) electrons. The molecule has 5 nitrogen and oxygen atoms in total. The van der Waals surface area contributed by atoms with Crippen LogP contribution in [0.2, 0.25) is 0 Å². The zero-order valence-electron chi connectivity index (χ0n) is 11.2. The summed E-state index contributed by atoms with van der Waals surface area (Å²) in [5, 5.41) is 0. The van der Waals surface area contributed by atoms with Crippen LogP contribution in [0.25, 0.3) is 0 Å². The van der Waals surface area contributed by atoms with Gasteiger partial charge in [0.05, 0.1) is 6.54 Å². The van der Waals surface area contributed by atoms with Crippen LogP contribution >= 0.6 is 0 Å². The number of nitrogens with two attached hydrogens (primary N) is 1. The lowest BCUT2D eigenvalue weighted by molar-refractivity contribution is 0.00642. The van der Waals surface area contributed by atoms with Gasteiger partial charge in [0, 0.05) is 44.1 Å². The highest BCUT2D eigenvalue weighted by Crippen LogP contribution is 2.29. The normalized spacial score (nSPS) is 30.3. The molecule has 3 heterocycles. The van der Waals surface area contributed by atoms with Gasteiger partial charge in [0.2, 0.25) is 0 Å². The molecule has 0 spiro atoms. The molecule has 1 aromatic rings. The van der Waals surface area contributed by atoms with Gasteiger partial charge in [-0.15, -0.1) is 0 Å². The van der Waals surface area contributed by atoms with Crippen molar-refractivity contribution in [1.29, 1.82) is 0 Å². The number of hydrogen-bond acceptors (Lipinski definition) is 4. The van der Waals surface area contributed by atoms with Crippen LogP contribution < -0.4 is 5.73 Å². The highest BCUT2D eigenvalue weighted by atomic mass is 15.3. The first kappa shape index (κ1) is 12.1. The number of fused-ring (bicyclic) bond motifs is 1. The van der Waals surface area contributed by atoms with E-state index in [1.165, 1.54) is 25.2 Å². The largest absolute Gasteiger partial charge is 0.333 e. The summed E-state index contributed by atoms with van der Waals surface area (Å²) >= 11 is 0. The summed E-state index contributed by atoms with van der Waals surface area (Å²) in [4.78, 5) is 9.43. The van der Waals surface area contributed by atoms with Crippen molar-refractivity contribution >= 4 is 0 Å². The molecule has 100 valence electrons. The fourth-order valence-electron chi connectivity index (χ4n) is 3.47. The molecule has 0 saturated carbocycles. The van der Waals surface area contributed by atoms with Crippen molar-refractivity contribution in [2.24, 2.45) is 5.73 Å². The molecule has 0 bridgehead atoms. The molecular weight excluding hydrogens is 226 g/mol. The predicted octanol–water partition coefficient (Wildman–Crippen LogP) is 0.122. The van der Waals surface area contributed by atoms with E-state index in [9.17, 15) is 0 Å². The Morgan fingerprint density at radius 1 is 1.39 bits per heavy atom. The van der Waals surface area contributed by atoms with E-state index >= 15 is 0 Å². The first-order valence-corrected chi connectivity index (χ1v) is 6.87. The highest BCUT2D eigenvalue weighted by molar-refractivity contribution is 5.03. The number of aromatic nitrogens is 2. The number of hydrogen-bond donors (Lipinski definition) is 1. The Kier molecular flexibility index (Phi) is 3.13. The van der Waals surface area contributed by atoms with Crippen LogP contribution in [0.5, 0.6) is 0 Å². The highest BCUT2D eigenvalue weighted by Gasteiger charge is 2.40. The number of rotatable bonds is 2. The molecule has 1 aromatic heterocycles. The van der Waals surface area contributed by atoms with Crippen molar-refractivity contribution in [1.82, 2.24) is 19.4 Å². The van der Waals surface area contributed by atoms with Crippen LogP contribution in [0.4, 0.5) is 0 Å². The minimum atomic E-state index is 0.157. The van der Waals surface area contributed by atoms with Crippen molar-refractivity contribution in [2.45, 2.75) is 31.5 Å². The average molecular weight is 249 g/mol. The average Bonchev–Trinajstić information content (AvgIpc) is 2.85. The summed E-state index contributed by atoms with van der Waals surface area (Å²) in [6.45, 7) is 6.11. The third kappa shape index (κ3) is 1.96. The molecule has 0 aliphatic carbocycles. The van der Waals surface area contributed by atoms with Crippen LogP contribution in [0.15, 0.2) is 12.4 Å². The molecule has 18 heavy (non-hydrogen) atoms. The van der Waals surface area contributed by atoms with Gasteiger partial charge >= 0.3 is 0 Å². The van der Waals surface area contributed by atoms with Gasteiger partial charge in [0.25, 0.3) is 0 Å². The Morgan fingerprint density at radius 2 is 2.28 bits per heavy atom. The Hall–Kier alpha value is -0.910. The van der Waals surface area contributed by atoms with Gasteiger partial charge in [-0.05, 0) is 26.4 Å². The minimum Gasteiger partial charge on any atom is -0.333 e. The van der Waals surface area contributed by atoms with E-state index in [4.69, 9.17) is 5.73 Å². The van der Waals surface area contributed by atoms with Crippen molar-refractivity contribution in [3.8, 4) is 0 Å². The van der Waals surface area contributed by atoms with Crippen molar-refractivity contribution in [3.63, 3.8) is 0 Å². The fraction of sp³-hybridized carbons (Fsp3) is 0.769. The second kappa shape index (κ2) is 4.64. The van der Waals surface area contributed by atoms with Crippen LogP contribution in [0, 0.1) is 0 Å². The summed E-state index contributed by atoms with van der Waals surface area (Å²) in [5.41, 5.74) is 6.29. The van der Waals surface area contributed by atoms with Gasteiger partial charge in [-0.3, -0.25) is 4.90 Å². The van der Waals surface area contributed by atoms with Gasteiger partial charge in [0.1, 0.15) is 5.82 Å². The Balaban J connectivity index is 1.81. The lowest BCUT2D eigenvalue weighted by Gasteiger charge is -2.49. The Bertz CT molecular complexity index is 415. The molecule has 1 fully saturated rings. The maximum absolute atomic E-state index is 6.13. The lowest BCUT2D eigenvalue weighted by atomic mass is 9.86. The first-order valence-electron chi connectivity index (χ1n) is 6.87. The summed E-state index contributed by atoms with van der Waals surface area (Å²) in [5.74, 6) is 1.18. The van der Waals surface area contributed by atoms with E-state index < -0.39 is 0 Å². The lowest BCUT2D eigenvalue weighted by Crippen LogP contribution is -2.63. The standard InChI is InChI=1S/C13H23N5/c1-16-5-2-3-13(10-14,11-16)18-8-7-17-6-4-15-12(17)9-18/h4,6H,2-3,5,7-11,14H2,1H3. The van der Waals surface area contributed by atoms with E-state index in [1.54, 1.807) is 0 Å². The van der Waals surface area contributed by atoms with E-state index in [-0.39, 0.29) is 5.54 Å². The second-order valence-electron chi connectivity index (χ2n) is 5.73. The zero-order chi connectivity index (χ0) is 12.6. The van der Waals surface area contributed by atoms with E-state index in [1.807, 2.05) is 6.20 Å². The maximum Gasteiger partial charge on any atom is 0.122 e. The first-order chi connectivity index (χ1) is 8.73. The zero-order valence-corrected chi connectivity index (χ0v) is 11.2. The third-order valence-electron chi connectivity index (χ3n) is 4.54. The van der Waals surface area contributed by atoms with Gasteiger partial charge in [-0.1, -0.05) is 0 Å². The Labute approximate surface area is 109 Å². The molecule has 1 atom stereocenters. The van der Waals surface area contributed by atoms with Crippen molar-refractivity contribution < 1.29 is 0 Å². The molecule has 2 N–H and O–H groups in total. The quantitative estimate of drug-likeness (QED) is 0.809. The molecule has 0 amide bonds. The summed E-state index contributed by atoms with van der Waals surface area (Å²) in [6, 6.07) is 0. The molecule has 2 aliphatic rings. The van der Waals surface area contributed by atoms with Crippen molar-refractivity contribution in [3.05, 3.63) is 18.2 Å². The molecule has 1 saturated heterocycles. The van der Waals surface area contributed by atoms with Crippen LogP contribution in [0.3, 0.4) is 0 Å². The third-order valence-corrected chi connectivity index (χ3v) is 4.54. The molecule has 1 unspecified atom stereocenters. The van der Waals surface area contributed by atoms with E-state index in [0.717, 1.165) is 32.7 Å². The van der Waals surface area contributed by atoms with Crippen LogP contribution in [-0.4, -0.2) is 58.1 Å². The van der Waals surface area contributed by atoms with Crippen LogP contribution in [-0.2, 0) is 13.1 Å². The van der Waals surface area contributed by atoms with Gasteiger partial charge in [-0.2, -0.15) is 0 Å². The SMILES string of the molecule is CN1CCCC(CN)(N2CCn3ccnc3C2)C1. The summed E-state index contributed by atoms with van der Waals surface area (Å²) in [6.07, 6.45) is 6.45. The monoisotopic (exact) mass is 249 g/mol. The molecule has 3 rings (SSSR count). The summed E-state index contributed by atoms with van der Waals surface area (Å²) < 4.78 is 2.26. The smallest absolute Gasteiger partial charge is 0.122 e. The number of likely N-dealkylation sites (tertiary alicyclic amines) is 1. The van der Waals surface area contributed by atoms with Gasteiger partial charge in [0.15, 0.2) is 0 Å². The van der Waals surface area contributed by atoms with Gasteiger partial charge < -0.3 is 15.2 Å². The van der Waals surface area contributed by atoms with Crippen LogP contribution in [0.1, 0.15) is 18.7 Å². The number of likely N-dealkylation sites (N-methyl/N-ethyl adjacent to an activating group) is 1. The predicted molar refractivity (Wildman–Crippen MR) is 71.2 cm³/mol. The molecule has 5 heteroatoms. The van der Waals surface area contributed by atoms with Crippen molar-refractivity contribution in [2.75, 3.05) is 33.2 Å². The number of nitrogens with zero attached hydrogens (tertiary/aromatic N) is 4. The van der Waals surface area contributed by atoms with E-state index in [0.29, 0.717) is 0 Å². The summed E-state index contributed by atoms with van der Waals surface area (Å²) in [7, 11) is 2.20. The number of imidazole rings is 1. The Morgan fingerprint density at radius 3 is 3.06 bits per heavy atom. The fourth-order valence-corrected chi connectivity index (χ4v) is 3.47. The van der Waals surface area contributed by atoms with E-state index in [2.05, 4.69) is 32.6 Å². The molecule has 2 aliphatic heterocycles. The molecular formula is C13H23N5. The topological polar surface area (TPSA) is 50.3 Å². The maximum atomic E-state index is 6.13. The second-order valence-corrected chi connectivity index (χ2v) is 5.73.